The van der Waals surface area contributed by atoms with Crippen molar-refractivity contribution in [1.29, 1.82) is 0 Å². The Hall–Kier alpha value is -0.240. The highest BCUT2D eigenvalue weighted by Crippen LogP contribution is 2.29. The van der Waals surface area contributed by atoms with Gasteiger partial charge in [0.25, 0.3) is 0 Å². The molecule has 0 unspecified atom stereocenters. The molecule has 1 aromatic rings. The summed E-state index contributed by atoms with van der Waals surface area (Å²) in [6.07, 6.45) is 0. The fraction of sp³-hybridized carbons (Fsp3) is 0.400. The molecule has 0 aliphatic carbocycles. The predicted octanol–water partition coefficient (Wildman–Crippen LogP) is 3.45. The zero-order chi connectivity index (χ0) is 10.1. The number of rotatable bonds is 2. The van der Waals surface area contributed by atoms with Crippen LogP contribution in [0.15, 0.2) is 18.2 Å². The van der Waals surface area contributed by atoms with Gasteiger partial charge in [-0.25, -0.2) is 0 Å². The number of halogens is 2. The van der Waals surface area contributed by atoms with E-state index in [2.05, 4.69) is 19.2 Å². The summed E-state index contributed by atoms with van der Waals surface area (Å²) in [6.45, 7) is 4.14. The van der Waals surface area contributed by atoms with Crippen LogP contribution >= 0.6 is 23.2 Å². The van der Waals surface area contributed by atoms with E-state index in [4.69, 9.17) is 23.2 Å². The van der Waals surface area contributed by atoms with E-state index in [1.165, 1.54) is 0 Å². The summed E-state index contributed by atoms with van der Waals surface area (Å²) < 4.78 is 0. The lowest BCUT2D eigenvalue weighted by atomic mass is 9.95. The predicted molar refractivity (Wildman–Crippen MR) is 58.5 cm³/mol. The number of hydrogen-bond acceptors (Lipinski definition) is 1. The first-order valence-electron chi connectivity index (χ1n) is 4.12. The highest BCUT2D eigenvalue weighted by molar-refractivity contribution is 6.35. The van der Waals surface area contributed by atoms with Gasteiger partial charge in [0, 0.05) is 15.6 Å². The van der Waals surface area contributed by atoms with Crippen molar-refractivity contribution in [3.05, 3.63) is 33.8 Å². The van der Waals surface area contributed by atoms with Gasteiger partial charge in [0.1, 0.15) is 0 Å². The van der Waals surface area contributed by atoms with Gasteiger partial charge in [-0.1, -0.05) is 29.3 Å². The molecule has 0 amide bonds. The number of hydrogen-bond donors (Lipinski definition) is 1. The Morgan fingerprint density at radius 2 is 1.85 bits per heavy atom. The molecular weight excluding hydrogens is 205 g/mol. The molecule has 0 aliphatic heterocycles. The molecule has 1 rings (SSSR count). The van der Waals surface area contributed by atoms with Gasteiger partial charge in [0.05, 0.1) is 0 Å². The molecule has 0 spiro atoms. The second-order valence-electron chi connectivity index (χ2n) is 3.50. The third kappa shape index (κ3) is 2.37. The number of benzene rings is 1. The first-order chi connectivity index (χ1) is 5.97. The average molecular weight is 218 g/mol. The maximum absolute atomic E-state index is 6.07. The van der Waals surface area contributed by atoms with Crippen LogP contribution < -0.4 is 5.32 Å². The van der Waals surface area contributed by atoms with E-state index in [0.29, 0.717) is 10.0 Å². The topological polar surface area (TPSA) is 12.0 Å². The first kappa shape index (κ1) is 10.8. The molecule has 0 heterocycles. The smallest absolute Gasteiger partial charge is 0.0471 e. The molecule has 0 fully saturated rings. The lowest BCUT2D eigenvalue weighted by molar-refractivity contribution is 0.445. The Kier molecular flexibility index (Phi) is 3.23. The highest BCUT2D eigenvalue weighted by Gasteiger charge is 2.20. The molecule has 0 aliphatic rings. The fourth-order valence-electron chi connectivity index (χ4n) is 1.13. The summed E-state index contributed by atoms with van der Waals surface area (Å²) in [4.78, 5) is 0. The minimum Gasteiger partial charge on any atom is -0.311 e. The van der Waals surface area contributed by atoms with Gasteiger partial charge in [0.15, 0.2) is 0 Å². The van der Waals surface area contributed by atoms with Gasteiger partial charge >= 0.3 is 0 Å². The summed E-state index contributed by atoms with van der Waals surface area (Å²) in [5, 5.41) is 4.56. The minimum atomic E-state index is -0.123. The van der Waals surface area contributed by atoms with Crippen LogP contribution in [0.2, 0.25) is 10.0 Å². The molecule has 0 saturated heterocycles. The van der Waals surface area contributed by atoms with Crippen LogP contribution in [-0.4, -0.2) is 7.05 Å². The average Bonchev–Trinajstić information content (AvgIpc) is 2.03. The van der Waals surface area contributed by atoms with Gasteiger partial charge in [-0.3, -0.25) is 0 Å². The van der Waals surface area contributed by atoms with Gasteiger partial charge < -0.3 is 5.32 Å². The van der Waals surface area contributed by atoms with Crippen molar-refractivity contribution >= 4 is 23.2 Å². The molecule has 0 saturated carbocycles. The molecule has 0 atom stereocenters. The molecule has 0 aromatic heterocycles. The van der Waals surface area contributed by atoms with Gasteiger partial charge in [0.2, 0.25) is 0 Å². The molecule has 0 radical (unpaired) electrons. The maximum Gasteiger partial charge on any atom is 0.0471 e. The second kappa shape index (κ2) is 3.87. The summed E-state index contributed by atoms with van der Waals surface area (Å²) in [7, 11) is 1.91. The number of nitrogens with one attached hydrogen (secondary N) is 1. The summed E-state index contributed by atoms with van der Waals surface area (Å²) in [5.41, 5.74) is 0.933. The third-order valence-corrected chi connectivity index (χ3v) is 2.78. The van der Waals surface area contributed by atoms with Crippen molar-refractivity contribution in [2.24, 2.45) is 0 Å². The molecule has 0 bridgehead atoms. The van der Waals surface area contributed by atoms with Crippen molar-refractivity contribution in [3.8, 4) is 0 Å². The largest absolute Gasteiger partial charge is 0.311 e. The molecule has 1 aromatic carbocycles. The van der Waals surface area contributed by atoms with E-state index in [9.17, 15) is 0 Å². The van der Waals surface area contributed by atoms with Crippen LogP contribution in [-0.2, 0) is 5.54 Å². The van der Waals surface area contributed by atoms with Gasteiger partial charge in [-0.05, 0) is 38.6 Å². The molecule has 1 nitrogen and oxygen atoms in total. The first-order valence-corrected chi connectivity index (χ1v) is 4.87. The Morgan fingerprint density at radius 1 is 1.23 bits per heavy atom. The minimum absolute atomic E-state index is 0.123. The lowest BCUT2D eigenvalue weighted by Gasteiger charge is -2.25. The Labute approximate surface area is 89.0 Å². The van der Waals surface area contributed by atoms with Crippen LogP contribution in [0.25, 0.3) is 0 Å². The standard InChI is InChI=1S/C10H13Cl2N/c1-10(2,13-3)8-5-4-7(11)6-9(8)12/h4-6,13H,1-3H3. The van der Waals surface area contributed by atoms with Crippen molar-refractivity contribution in [2.75, 3.05) is 7.05 Å². The molecular formula is C10H13Cl2N. The lowest BCUT2D eigenvalue weighted by Crippen LogP contribution is -2.33. The van der Waals surface area contributed by atoms with E-state index >= 15 is 0 Å². The molecule has 72 valence electrons. The summed E-state index contributed by atoms with van der Waals surface area (Å²) in [5.74, 6) is 0. The summed E-state index contributed by atoms with van der Waals surface area (Å²) >= 11 is 11.9. The molecule has 1 N–H and O–H groups in total. The van der Waals surface area contributed by atoms with E-state index in [1.807, 2.05) is 19.2 Å². The zero-order valence-electron chi connectivity index (χ0n) is 7.99. The Morgan fingerprint density at radius 3 is 2.31 bits per heavy atom. The third-order valence-electron chi connectivity index (χ3n) is 2.23. The SMILES string of the molecule is CNC(C)(C)c1ccc(Cl)cc1Cl. The fourth-order valence-corrected chi connectivity index (χ4v) is 1.78. The van der Waals surface area contributed by atoms with Gasteiger partial charge in [-0.2, -0.15) is 0 Å². The van der Waals surface area contributed by atoms with Crippen molar-refractivity contribution in [2.45, 2.75) is 19.4 Å². The monoisotopic (exact) mass is 217 g/mol. The van der Waals surface area contributed by atoms with E-state index < -0.39 is 0 Å². The Bertz CT molecular complexity index is 308. The second-order valence-corrected chi connectivity index (χ2v) is 4.34. The zero-order valence-corrected chi connectivity index (χ0v) is 9.50. The van der Waals surface area contributed by atoms with Gasteiger partial charge in [-0.15, -0.1) is 0 Å². The van der Waals surface area contributed by atoms with Crippen LogP contribution in [0.5, 0.6) is 0 Å². The van der Waals surface area contributed by atoms with E-state index in [1.54, 1.807) is 6.07 Å². The highest BCUT2D eigenvalue weighted by atomic mass is 35.5. The van der Waals surface area contributed by atoms with E-state index in [-0.39, 0.29) is 5.54 Å². The van der Waals surface area contributed by atoms with Crippen LogP contribution in [0.3, 0.4) is 0 Å². The van der Waals surface area contributed by atoms with Crippen LogP contribution in [0, 0.1) is 0 Å². The van der Waals surface area contributed by atoms with E-state index in [0.717, 1.165) is 5.56 Å². The summed E-state index contributed by atoms with van der Waals surface area (Å²) in [6, 6.07) is 5.56. The van der Waals surface area contributed by atoms with Crippen molar-refractivity contribution in [3.63, 3.8) is 0 Å². The van der Waals surface area contributed by atoms with Crippen molar-refractivity contribution in [1.82, 2.24) is 5.32 Å². The molecule has 13 heavy (non-hydrogen) atoms. The van der Waals surface area contributed by atoms with Crippen LogP contribution in [0.4, 0.5) is 0 Å². The normalized spacial score (nSPS) is 11.8. The maximum atomic E-state index is 6.07. The molecule has 3 heteroatoms. The quantitative estimate of drug-likeness (QED) is 0.801. The van der Waals surface area contributed by atoms with Crippen LogP contribution in [0.1, 0.15) is 19.4 Å². The van der Waals surface area contributed by atoms with Crippen molar-refractivity contribution < 1.29 is 0 Å². The Balaban J connectivity index is 3.16.